The van der Waals surface area contributed by atoms with Crippen LogP contribution in [0.5, 0.6) is 0 Å². The Morgan fingerprint density at radius 1 is 1.21 bits per heavy atom. The van der Waals surface area contributed by atoms with Crippen molar-refractivity contribution < 1.29 is 9.53 Å². The Labute approximate surface area is 115 Å². The fourth-order valence-electron chi connectivity index (χ4n) is 1.64. The van der Waals surface area contributed by atoms with Crippen molar-refractivity contribution in [2.45, 2.75) is 39.2 Å². The molecule has 0 bridgehead atoms. The van der Waals surface area contributed by atoms with E-state index >= 15 is 0 Å². The number of hydrogen-bond acceptors (Lipinski definition) is 2. The SMILES string of the molecule is CCCCCC=CCOC(=O)NCc1ccccc1. The van der Waals surface area contributed by atoms with Crippen LogP contribution in [0.1, 0.15) is 38.2 Å². The Morgan fingerprint density at radius 2 is 2.00 bits per heavy atom. The third-order valence-electron chi connectivity index (χ3n) is 2.73. The number of unbranched alkanes of at least 4 members (excludes halogenated alkanes) is 3. The Bertz CT molecular complexity index is 374. The minimum absolute atomic E-state index is 0.340. The van der Waals surface area contributed by atoms with Gasteiger partial charge in [-0.25, -0.2) is 4.79 Å². The maximum Gasteiger partial charge on any atom is 0.407 e. The Kier molecular flexibility index (Phi) is 8.19. The molecule has 0 aliphatic heterocycles. The second kappa shape index (κ2) is 10.2. The molecule has 0 unspecified atom stereocenters. The highest BCUT2D eigenvalue weighted by Crippen LogP contribution is 2.00. The molecule has 0 saturated heterocycles. The summed E-state index contributed by atoms with van der Waals surface area (Å²) < 4.78 is 5.03. The second-order valence-corrected chi connectivity index (χ2v) is 4.40. The molecule has 0 fully saturated rings. The summed E-state index contributed by atoms with van der Waals surface area (Å²) in [6.45, 7) is 3.02. The predicted octanol–water partition coefficient (Wildman–Crippen LogP) is 4.05. The summed E-state index contributed by atoms with van der Waals surface area (Å²) in [5, 5.41) is 2.72. The van der Waals surface area contributed by atoms with E-state index < -0.39 is 0 Å². The lowest BCUT2D eigenvalue weighted by Gasteiger charge is -2.05. The molecule has 0 atom stereocenters. The van der Waals surface area contributed by atoms with Gasteiger partial charge in [0.15, 0.2) is 0 Å². The number of nitrogens with one attached hydrogen (secondary N) is 1. The van der Waals surface area contributed by atoms with Crippen molar-refractivity contribution in [2.75, 3.05) is 6.61 Å². The first-order valence-electron chi connectivity index (χ1n) is 6.92. The van der Waals surface area contributed by atoms with Crippen molar-refractivity contribution in [3.05, 3.63) is 48.0 Å². The number of carbonyl (C=O) groups is 1. The number of hydrogen-bond donors (Lipinski definition) is 1. The van der Waals surface area contributed by atoms with Gasteiger partial charge >= 0.3 is 6.09 Å². The topological polar surface area (TPSA) is 38.3 Å². The number of alkyl carbamates (subject to hydrolysis) is 1. The number of ether oxygens (including phenoxy) is 1. The van der Waals surface area contributed by atoms with Crippen LogP contribution in [0.25, 0.3) is 0 Å². The van der Waals surface area contributed by atoms with Gasteiger partial charge in [-0.2, -0.15) is 0 Å². The highest BCUT2D eigenvalue weighted by molar-refractivity contribution is 5.67. The molecule has 3 nitrogen and oxygen atoms in total. The van der Waals surface area contributed by atoms with Crippen LogP contribution in [0.4, 0.5) is 4.79 Å². The van der Waals surface area contributed by atoms with Gasteiger partial charge in [-0.15, -0.1) is 0 Å². The molecular formula is C16H23NO2. The van der Waals surface area contributed by atoms with E-state index in [0.29, 0.717) is 13.2 Å². The van der Waals surface area contributed by atoms with Crippen LogP contribution in [-0.2, 0) is 11.3 Å². The molecule has 3 heteroatoms. The summed E-state index contributed by atoms with van der Waals surface area (Å²) in [7, 11) is 0. The molecule has 19 heavy (non-hydrogen) atoms. The summed E-state index contributed by atoms with van der Waals surface area (Å²) in [4.78, 5) is 11.4. The van der Waals surface area contributed by atoms with Gasteiger partial charge < -0.3 is 10.1 Å². The average Bonchev–Trinajstić information content (AvgIpc) is 2.45. The molecule has 0 aliphatic rings. The number of rotatable bonds is 8. The molecule has 0 aliphatic carbocycles. The first-order valence-corrected chi connectivity index (χ1v) is 6.92. The molecule has 1 aromatic rings. The van der Waals surface area contributed by atoms with Gasteiger partial charge in [0.05, 0.1) is 0 Å². The zero-order chi connectivity index (χ0) is 13.8. The molecule has 0 spiro atoms. The average molecular weight is 261 g/mol. The molecule has 104 valence electrons. The molecule has 1 N–H and O–H groups in total. The highest BCUT2D eigenvalue weighted by Gasteiger charge is 1.99. The maximum absolute atomic E-state index is 11.4. The van der Waals surface area contributed by atoms with Gasteiger partial charge in [-0.3, -0.25) is 0 Å². The second-order valence-electron chi connectivity index (χ2n) is 4.40. The highest BCUT2D eigenvalue weighted by atomic mass is 16.5. The van der Waals surface area contributed by atoms with Crippen LogP contribution < -0.4 is 5.32 Å². The number of amides is 1. The van der Waals surface area contributed by atoms with Crippen LogP contribution in [0.3, 0.4) is 0 Å². The fourth-order valence-corrected chi connectivity index (χ4v) is 1.64. The quantitative estimate of drug-likeness (QED) is 0.566. The summed E-state index contributed by atoms with van der Waals surface area (Å²) >= 11 is 0. The summed E-state index contributed by atoms with van der Waals surface area (Å²) in [5.74, 6) is 0. The van der Waals surface area contributed by atoms with Crippen LogP contribution in [0, 0.1) is 0 Å². The normalized spacial score (nSPS) is 10.6. The summed E-state index contributed by atoms with van der Waals surface area (Å²) in [5.41, 5.74) is 1.06. The van der Waals surface area contributed by atoms with Gasteiger partial charge in [-0.05, 0) is 18.4 Å². The lowest BCUT2D eigenvalue weighted by Crippen LogP contribution is -2.23. The summed E-state index contributed by atoms with van der Waals surface area (Å²) in [6.07, 6.45) is 8.34. The van der Waals surface area contributed by atoms with Crippen molar-refractivity contribution in [1.29, 1.82) is 0 Å². The molecular weight excluding hydrogens is 238 g/mol. The molecule has 0 saturated carbocycles. The first-order chi connectivity index (χ1) is 9.33. The minimum atomic E-state index is -0.373. The van der Waals surface area contributed by atoms with Gasteiger partial charge in [0.2, 0.25) is 0 Å². The van der Waals surface area contributed by atoms with E-state index in [9.17, 15) is 4.79 Å². The van der Waals surface area contributed by atoms with E-state index in [2.05, 4.69) is 18.3 Å². The standard InChI is InChI=1S/C16H23NO2/c1-2-3-4-5-6-10-13-19-16(18)17-14-15-11-8-7-9-12-15/h6-12H,2-5,13-14H2,1H3,(H,17,18). The monoisotopic (exact) mass is 261 g/mol. The minimum Gasteiger partial charge on any atom is -0.445 e. The molecule has 0 heterocycles. The van der Waals surface area contributed by atoms with Crippen LogP contribution >= 0.6 is 0 Å². The van der Waals surface area contributed by atoms with Crippen LogP contribution in [-0.4, -0.2) is 12.7 Å². The van der Waals surface area contributed by atoms with E-state index in [1.165, 1.54) is 19.3 Å². The number of allylic oxidation sites excluding steroid dienone is 1. The van der Waals surface area contributed by atoms with Gasteiger partial charge in [0, 0.05) is 6.54 Å². The van der Waals surface area contributed by atoms with E-state index in [0.717, 1.165) is 12.0 Å². The lowest BCUT2D eigenvalue weighted by molar-refractivity contribution is 0.157. The van der Waals surface area contributed by atoms with Crippen molar-refractivity contribution in [3.8, 4) is 0 Å². The van der Waals surface area contributed by atoms with E-state index in [4.69, 9.17) is 4.74 Å². The van der Waals surface area contributed by atoms with Gasteiger partial charge in [-0.1, -0.05) is 62.2 Å². The van der Waals surface area contributed by atoms with Crippen molar-refractivity contribution in [2.24, 2.45) is 0 Å². The molecule has 0 aromatic heterocycles. The Morgan fingerprint density at radius 3 is 2.74 bits per heavy atom. The van der Waals surface area contributed by atoms with Crippen molar-refractivity contribution in [3.63, 3.8) is 0 Å². The van der Waals surface area contributed by atoms with Gasteiger partial charge in [0.25, 0.3) is 0 Å². The summed E-state index contributed by atoms with van der Waals surface area (Å²) in [6, 6.07) is 9.77. The van der Waals surface area contributed by atoms with E-state index in [1.807, 2.05) is 36.4 Å². The smallest absolute Gasteiger partial charge is 0.407 e. The Hall–Kier alpha value is -1.77. The van der Waals surface area contributed by atoms with E-state index in [-0.39, 0.29) is 6.09 Å². The zero-order valence-electron chi connectivity index (χ0n) is 11.6. The number of carbonyl (C=O) groups excluding carboxylic acids is 1. The van der Waals surface area contributed by atoms with E-state index in [1.54, 1.807) is 0 Å². The molecule has 1 amide bonds. The first kappa shape index (κ1) is 15.3. The predicted molar refractivity (Wildman–Crippen MR) is 77.9 cm³/mol. The van der Waals surface area contributed by atoms with Crippen molar-refractivity contribution in [1.82, 2.24) is 5.32 Å². The molecule has 1 rings (SSSR count). The van der Waals surface area contributed by atoms with Gasteiger partial charge in [0.1, 0.15) is 6.61 Å². The van der Waals surface area contributed by atoms with Crippen molar-refractivity contribution >= 4 is 6.09 Å². The number of benzene rings is 1. The molecule has 1 aromatic carbocycles. The molecule has 0 radical (unpaired) electrons. The zero-order valence-corrected chi connectivity index (χ0v) is 11.6. The third-order valence-corrected chi connectivity index (χ3v) is 2.73. The van der Waals surface area contributed by atoms with Crippen LogP contribution in [0.2, 0.25) is 0 Å². The Balaban J connectivity index is 2.05. The fraction of sp³-hybridized carbons (Fsp3) is 0.438. The maximum atomic E-state index is 11.4. The lowest BCUT2D eigenvalue weighted by atomic mass is 10.2. The largest absolute Gasteiger partial charge is 0.445 e. The van der Waals surface area contributed by atoms with Crippen LogP contribution in [0.15, 0.2) is 42.5 Å². The third kappa shape index (κ3) is 8.03.